The first kappa shape index (κ1) is 44.3. The van der Waals surface area contributed by atoms with Gasteiger partial charge in [0.1, 0.15) is 11.2 Å². The van der Waals surface area contributed by atoms with E-state index in [0.717, 1.165) is 121 Å². The molecule has 0 saturated carbocycles. The summed E-state index contributed by atoms with van der Waals surface area (Å²) in [4.78, 5) is 16.9. The van der Waals surface area contributed by atoms with Gasteiger partial charge in [-0.3, -0.25) is 0 Å². The van der Waals surface area contributed by atoms with E-state index in [9.17, 15) is 0 Å². The molecular weight excluding hydrogens is 977 g/mol. The molecule has 0 atom stereocenters. The number of hydrogen-bond acceptors (Lipinski definition) is 4. The predicted molar refractivity (Wildman–Crippen MR) is 329 cm³/mol. The van der Waals surface area contributed by atoms with Gasteiger partial charge in [-0.25, -0.2) is 15.0 Å². The Morgan fingerprint density at radius 3 is 1.36 bits per heavy atom. The monoisotopic (exact) mass is 1020 g/mol. The van der Waals surface area contributed by atoms with Gasteiger partial charge in [0.15, 0.2) is 17.5 Å². The summed E-state index contributed by atoms with van der Waals surface area (Å²) in [5.41, 5.74) is 15.9. The smallest absolute Gasteiger partial charge is 0.166 e. The van der Waals surface area contributed by atoms with Gasteiger partial charge >= 0.3 is 0 Å². The Morgan fingerprint density at radius 2 is 0.738 bits per heavy atom. The Morgan fingerprint density at radius 1 is 0.263 bits per heavy atom. The second kappa shape index (κ2) is 17.3. The summed E-state index contributed by atoms with van der Waals surface area (Å²) in [6.45, 7) is 0. The molecule has 7 heteroatoms. The number of hydrogen-bond donors (Lipinski definition) is 0. The topological polar surface area (TPSA) is 66.6 Å². The lowest BCUT2D eigenvalue weighted by molar-refractivity contribution is 0.669. The molecule has 372 valence electrons. The van der Waals surface area contributed by atoms with E-state index < -0.39 is 0 Å². The molecule has 0 aliphatic rings. The maximum absolute atomic E-state index is 6.63. The molecule has 0 unspecified atom stereocenters. The Kier molecular flexibility index (Phi) is 9.58. The van der Waals surface area contributed by atoms with Crippen molar-refractivity contribution in [3.63, 3.8) is 0 Å². The highest BCUT2D eigenvalue weighted by Gasteiger charge is 2.25. The third-order valence-corrected chi connectivity index (χ3v) is 16.3. The van der Waals surface area contributed by atoms with Crippen LogP contribution in [0.5, 0.6) is 0 Å². The second-order valence-corrected chi connectivity index (χ2v) is 20.7. The number of nitrogens with zero attached hydrogens (tertiary/aromatic N) is 6. The van der Waals surface area contributed by atoms with E-state index in [4.69, 9.17) is 19.4 Å². The van der Waals surface area contributed by atoms with Crippen LogP contribution >= 0.6 is 0 Å². The van der Waals surface area contributed by atoms with Crippen molar-refractivity contribution in [2.45, 2.75) is 0 Å². The van der Waals surface area contributed by atoms with E-state index in [1.165, 1.54) is 21.5 Å². The summed E-state index contributed by atoms with van der Waals surface area (Å²) in [5.74, 6) is 1.69. The number of aromatic nitrogens is 6. The Bertz CT molecular complexity index is 5200. The van der Waals surface area contributed by atoms with Crippen molar-refractivity contribution in [3.05, 3.63) is 267 Å². The predicted octanol–water partition coefficient (Wildman–Crippen LogP) is 18.9. The van der Waals surface area contributed by atoms with Crippen LogP contribution in [0.25, 0.3) is 160 Å². The van der Waals surface area contributed by atoms with Crippen LogP contribution in [0.4, 0.5) is 0 Å². The molecule has 0 N–H and O–H groups in total. The van der Waals surface area contributed by atoms with Crippen LogP contribution in [0.2, 0.25) is 0 Å². The van der Waals surface area contributed by atoms with Crippen molar-refractivity contribution >= 4 is 98.1 Å². The minimum Gasteiger partial charge on any atom is -0.456 e. The summed E-state index contributed by atoms with van der Waals surface area (Å²) in [6.07, 6.45) is 0. The Hall–Kier alpha value is -10.9. The first-order chi connectivity index (χ1) is 39.7. The average Bonchev–Trinajstić information content (AvgIpc) is 4.47. The van der Waals surface area contributed by atoms with E-state index in [1.807, 2.05) is 12.1 Å². The van der Waals surface area contributed by atoms with Crippen LogP contribution in [0, 0.1) is 0 Å². The maximum atomic E-state index is 6.63. The Balaban J connectivity index is 0.973. The zero-order chi connectivity index (χ0) is 52.4. The highest BCUT2D eigenvalue weighted by molar-refractivity contribution is 6.17. The maximum Gasteiger partial charge on any atom is 0.166 e. The van der Waals surface area contributed by atoms with Gasteiger partial charge < -0.3 is 18.1 Å². The second-order valence-electron chi connectivity index (χ2n) is 20.7. The number of benzene rings is 12. The van der Waals surface area contributed by atoms with Gasteiger partial charge in [0.25, 0.3) is 0 Å². The van der Waals surface area contributed by atoms with E-state index in [0.29, 0.717) is 17.5 Å². The average molecular weight is 1020 g/mol. The number of rotatable bonds is 7. The van der Waals surface area contributed by atoms with Crippen molar-refractivity contribution in [2.24, 2.45) is 0 Å². The van der Waals surface area contributed by atoms with Crippen molar-refractivity contribution in [1.29, 1.82) is 0 Å². The molecule has 12 aromatic carbocycles. The lowest BCUT2D eigenvalue weighted by Crippen LogP contribution is -2.04. The molecule has 0 spiro atoms. The fourth-order valence-corrected chi connectivity index (χ4v) is 12.7. The molecule has 17 aromatic rings. The molecule has 17 rings (SSSR count). The summed E-state index contributed by atoms with van der Waals surface area (Å²) in [7, 11) is 0. The molecule has 5 heterocycles. The molecule has 0 aliphatic carbocycles. The zero-order valence-electron chi connectivity index (χ0n) is 43.0. The van der Waals surface area contributed by atoms with Crippen LogP contribution in [-0.2, 0) is 0 Å². The number of fused-ring (bicyclic) bond motifs is 13. The van der Waals surface area contributed by atoms with Crippen LogP contribution in [-0.4, -0.2) is 28.7 Å². The van der Waals surface area contributed by atoms with Crippen LogP contribution in [0.15, 0.2) is 271 Å². The van der Waals surface area contributed by atoms with Gasteiger partial charge in [0.05, 0.1) is 38.8 Å². The van der Waals surface area contributed by atoms with Gasteiger partial charge in [0, 0.05) is 76.7 Å². The van der Waals surface area contributed by atoms with Crippen LogP contribution in [0.3, 0.4) is 0 Å². The molecule has 0 fully saturated rings. The quantitative estimate of drug-likeness (QED) is 0.160. The molecule has 0 saturated heterocycles. The van der Waals surface area contributed by atoms with E-state index >= 15 is 0 Å². The van der Waals surface area contributed by atoms with Crippen molar-refractivity contribution in [1.82, 2.24) is 28.7 Å². The first-order valence-electron chi connectivity index (χ1n) is 27.1. The SMILES string of the molecule is c1ccc(-n2c3ccccc3c3cccc(-c4nc(-c5ccc(-n6c7ccccc7c7cc8ccccc8cc76)c(-c6ccc7c(c6)oc6ccccc67)c5)nc(-c5cccc6c7ccccc7n(-c7ccccc7)c56)n4)c32)cc1. The molecule has 80 heavy (non-hydrogen) atoms. The molecule has 0 bridgehead atoms. The summed E-state index contributed by atoms with van der Waals surface area (Å²) < 4.78 is 13.8. The van der Waals surface area contributed by atoms with Gasteiger partial charge in [-0.1, -0.05) is 164 Å². The molecule has 0 radical (unpaired) electrons. The Labute approximate surface area is 458 Å². The zero-order valence-corrected chi connectivity index (χ0v) is 43.0. The number of para-hydroxylation sites is 8. The summed E-state index contributed by atoms with van der Waals surface area (Å²) in [5, 5.41) is 11.5. The molecule has 0 aliphatic heterocycles. The lowest BCUT2D eigenvalue weighted by Gasteiger charge is -2.17. The van der Waals surface area contributed by atoms with Crippen molar-refractivity contribution in [2.75, 3.05) is 0 Å². The standard InChI is InChI=1S/C73H44N6O/c1-3-21-49(22-4-1)77-62-33-13-9-25-51(62)56-29-17-31-58(69(56)77)72-74-71(75-73(76-72)59-32-18-30-57-52-26-10-14-34-63(52)78(70(57)59)50-23-5-2-6-24-50)48-38-40-65(60(42-48)47-37-39-55-54-28-12-16-36-67(54)80-68(55)44-47)79-64-35-15-11-27-53(64)61-41-45-19-7-8-20-46(45)43-66(61)79/h1-44H. The summed E-state index contributed by atoms with van der Waals surface area (Å²) >= 11 is 0. The highest BCUT2D eigenvalue weighted by Crippen LogP contribution is 2.44. The molecular formula is C73H44N6O. The fourth-order valence-electron chi connectivity index (χ4n) is 12.7. The largest absolute Gasteiger partial charge is 0.456 e. The molecule has 7 nitrogen and oxygen atoms in total. The van der Waals surface area contributed by atoms with E-state index in [2.05, 4.69) is 268 Å². The van der Waals surface area contributed by atoms with Crippen LogP contribution < -0.4 is 0 Å². The third-order valence-electron chi connectivity index (χ3n) is 16.3. The molecule has 5 aromatic heterocycles. The lowest BCUT2D eigenvalue weighted by atomic mass is 9.98. The summed E-state index contributed by atoms with van der Waals surface area (Å²) in [6, 6.07) is 95.1. The third kappa shape index (κ3) is 6.64. The van der Waals surface area contributed by atoms with E-state index in [1.54, 1.807) is 0 Å². The normalized spacial score (nSPS) is 12.0. The minimum absolute atomic E-state index is 0.551. The van der Waals surface area contributed by atoms with Gasteiger partial charge in [-0.15, -0.1) is 0 Å². The highest BCUT2D eigenvalue weighted by atomic mass is 16.3. The van der Waals surface area contributed by atoms with Crippen molar-refractivity contribution < 1.29 is 4.42 Å². The fraction of sp³-hybridized carbons (Fsp3) is 0. The van der Waals surface area contributed by atoms with Gasteiger partial charge in [0.2, 0.25) is 0 Å². The van der Waals surface area contributed by atoms with E-state index in [-0.39, 0.29) is 0 Å². The van der Waals surface area contributed by atoms with Gasteiger partial charge in [-0.2, -0.15) is 0 Å². The minimum atomic E-state index is 0.551. The van der Waals surface area contributed by atoms with Crippen molar-refractivity contribution in [3.8, 4) is 62.4 Å². The van der Waals surface area contributed by atoms with Gasteiger partial charge in [-0.05, 0) is 119 Å². The molecule has 0 amide bonds. The number of furan rings is 1. The first-order valence-corrected chi connectivity index (χ1v) is 27.1. The van der Waals surface area contributed by atoms with Crippen LogP contribution in [0.1, 0.15) is 0 Å².